The monoisotopic (exact) mass is 441 g/mol. The van der Waals surface area contributed by atoms with E-state index in [1.54, 1.807) is 6.07 Å². The Kier molecular flexibility index (Phi) is 5.94. The third-order valence-electron chi connectivity index (χ3n) is 4.31. The molecule has 0 saturated carbocycles. The molecule has 1 aromatic heterocycles. The molecule has 0 aliphatic carbocycles. The van der Waals surface area contributed by atoms with E-state index in [2.05, 4.69) is 20.8 Å². The number of alkyl halides is 1. The highest BCUT2D eigenvalue weighted by Crippen LogP contribution is 2.41. The zero-order valence-corrected chi connectivity index (χ0v) is 16.6. The van der Waals surface area contributed by atoms with Gasteiger partial charge >= 0.3 is 5.97 Å². The number of aliphatic carboxylic acids is 1. The SMILES string of the molecule is CON=C(C(=O)NC1C(=O)N2CC(Cl)(C(=O)O)CS[C@H]12)c1cccc(NC=O)n1. The summed E-state index contributed by atoms with van der Waals surface area (Å²) in [6.45, 7) is -0.146. The molecule has 0 radical (unpaired) electrons. The number of carboxylic acid groups (broad SMARTS) is 1. The van der Waals surface area contributed by atoms with Crippen molar-refractivity contribution in [3.63, 3.8) is 0 Å². The summed E-state index contributed by atoms with van der Waals surface area (Å²) < 4.78 is 0. The smallest absolute Gasteiger partial charge is 0.327 e. The third-order valence-corrected chi connectivity index (χ3v) is 6.41. The van der Waals surface area contributed by atoms with Crippen LogP contribution in [0.3, 0.4) is 0 Å². The first-order valence-electron chi connectivity index (χ1n) is 8.25. The van der Waals surface area contributed by atoms with Gasteiger partial charge in [0.15, 0.2) is 10.6 Å². The van der Waals surface area contributed by atoms with Crippen LogP contribution in [0, 0.1) is 0 Å². The number of pyridine rings is 1. The molecule has 0 aromatic carbocycles. The molecule has 0 bridgehead atoms. The Hall–Kier alpha value is -2.86. The fourth-order valence-electron chi connectivity index (χ4n) is 2.89. The van der Waals surface area contributed by atoms with Gasteiger partial charge in [-0.2, -0.15) is 0 Å². The first-order chi connectivity index (χ1) is 13.8. The van der Waals surface area contributed by atoms with Gasteiger partial charge in [-0.3, -0.25) is 19.2 Å². The van der Waals surface area contributed by atoms with Gasteiger partial charge in [-0.1, -0.05) is 11.2 Å². The summed E-state index contributed by atoms with van der Waals surface area (Å²) in [4.78, 5) is 55.6. The normalized spacial score (nSPS) is 26.1. The predicted molar refractivity (Wildman–Crippen MR) is 104 cm³/mol. The maximum Gasteiger partial charge on any atom is 0.327 e. The first-order valence-corrected chi connectivity index (χ1v) is 9.67. The highest BCUT2D eigenvalue weighted by atomic mass is 35.5. The number of nitrogens with one attached hydrogen (secondary N) is 2. The molecule has 2 aliphatic rings. The molecule has 29 heavy (non-hydrogen) atoms. The Morgan fingerprint density at radius 3 is 2.93 bits per heavy atom. The van der Waals surface area contributed by atoms with Gasteiger partial charge in [0, 0.05) is 5.75 Å². The number of nitrogens with zero attached hydrogens (tertiary/aromatic N) is 3. The lowest BCUT2D eigenvalue weighted by Gasteiger charge is -2.52. The number of halogens is 1. The number of hydrogen-bond acceptors (Lipinski definition) is 8. The predicted octanol–water partition coefficient (Wildman–Crippen LogP) is -0.537. The lowest BCUT2D eigenvalue weighted by molar-refractivity contribution is -0.151. The lowest BCUT2D eigenvalue weighted by Crippen LogP contribution is -2.74. The van der Waals surface area contributed by atoms with E-state index < -0.39 is 34.1 Å². The fraction of sp³-hybridized carbons (Fsp3) is 0.375. The maximum absolute atomic E-state index is 12.7. The van der Waals surface area contributed by atoms with Crippen molar-refractivity contribution in [1.29, 1.82) is 0 Å². The van der Waals surface area contributed by atoms with Crippen molar-refractivity contribution < 1.29 is 29.1 Å². The molecule has 3 heterocycles. The number of thioether (sulfide) groups is 1. The average Bonchev–Trinajstić information content (AvgIpc) is 2.70. The largest absolute Gasteiger partial charge is 0.480 e. The minimum absolute atomic E-state index is 0.0880. The van der Waals surface area contributed by atoms with Gasteiger partial charge in [0.25, 0.3) is 5.91 Å². The third kappa shape index (κ3) is 3.98. The van der Waals surface area contributed by atoms with Crippen LogP contribution in [-0.4, -0.2) is 80.6 Å². The average molecular weight is 442 g/mol. The summed E-state index contributed by atoms with van der Waals surface area (Å²) >= 11 is 7.23. The highest BCUT2D eigenvalue weighted by Gasteiger charge is 2.57. The highest BCUT2D eigenvalue weighted by molar-refractivity contribution is 8.00. The molecule has 3 N–H and O–H groups in total. The summed E-state index contributed by atoms with van der Waals surface area (Å²) in [6, 6.07) is 3.71. The van der Waals surface area contributed by atoms with Crippen molar-refractivity contribution in [3.8, 4) is 0 Å². The molecular formula is C16H16ClN5O6S. The van der Waals surface area contributed by atoms with E-state index in [9.17, 15) is 24.3 Å². The number of oxime groups is 1. The maximum atomic E-state index is 12.7. The Morgan fingerprint density at radius 2 is 2.28 bits per heavy atom. The van der Waals surface area contributed by atoms with Crippen LogP contribution in [0.15, 0.2) is 23.4 Å². The number of rotatable bonds is 7. The van der Waals surface area contributed by atoms with Crippen LogP contribution >= 0.6 is 23.4 Å². The minimum atomic E-state index is -1.55. The van der Waals surface area contributed by atoms with E-state index in [4.69, 9.17) is 16.4 Å². The van der Waals surface area contributed by atoms with Gasteiger partial charge < -0.3 is 25.5 Å². The van der Waals surface area contributed by atoms with Crippen LogP contribution in [0.1, 0.15) is 5.69 Å². The fourth-order valence-corrected chi connectivity index (χ4v) is 4.59. The molecular weight excluding hydrogens is 426 g/mol. The Bertz CT molecular complexity index is 898. The molecule has 2 unspecified atom stereocenters. The van der Waals surface area contributed by atoms with E-state index >= 15 is 0 Å². The zero-order valence-electron chi connectivity index (χ0n) is 15.0. The first kappa shape index (κ1) is 20.9. The summed E-state index contributed by atoms with van der Waals surface area (Å²) in [6.07, 6.45) is 0.440. The van der Waals surface area contributed by atoms with E-state index in [0.717, 1.165) is 0 Å². The molecule has 3 rings (SSSR count). The summed E-state index contributed by atoms with van der Waals surface area (Å²) in [5, 5.41) is 17.4. The number of hydrogen-bond donors (Lipinski definition) is 3. The molecule has 2 fully saturated rings. The number of aromatic nitrogens is 1. The van der Waals surface area contributed by atoms with Gasteiger partial charge in [0.05, 0.1) is 6.54 Å². The van der Waals surface area contributed by atoms with Crippen LogP contribution < -0.4 is 10.6 Å². The lowest BCUT2D eigenvalue weighted by atomic mass is 10.0. The number of β-lactam (4-membered cyclic amide) rings is 1. The number of fused-ring (bicyclic) bond motifs is 1. The van der Waals surface area contributed by atoms with Gasteiger partial charge in [-0.15, -0.1) is 23.4 Å². The minimum Gasteiger partial charge on any atom is -0.480 e. The number of anilines is 1. The molecule has 3 amide bonds. The molecule has 2 aliphatic heterocycles. The zero-order chi connectivity index (χ0) is 21.2. The molecule has 1 aromatic rings. The van der Waals surface area contributed by atoms with Crippen molar-refractivity contribution in [2.45, 2.75) is 16.3 Å². The number of amides is 3. The van der Waals surface area contributed by atoms with Crippen LogP contribution in [0.2, 0.25) is 0 Å². The van der Waals surface area contributed by atoms with Crippen molar-refractivity contribution in [1.82, 2.24) is 15.2 Å². The standard InChI is InChI=1S/C16H16ClN5O6S/c1-28-21-10(8-3-2-4-9(19-8)18-7-23)12(24)20-11-13(25)22-5-16(17,15(26)27)6-29-14(11)22/h2-4,7,11,14H,5-6H2,1H3,(H,20,24)(H,26,27)(H,18,19,23)/t11?,14-,16?/m1/s1. The van der Waals surface area contributed by atoms with Crippen LogP contribution in [0.25, 0.3) is 0 Å². The van der Waals surface area contributed by atoms with Crippen LogP contribution in [-0.2, 0) is 24.0 Å². The van der Waals surface area contributed by atoms with Crippen molar-refractivity contribution >= 4 is 59.1 Å². The second-order valence-corrected chi connectivity index (χ2v) is 8.01. The van der Waals surface area contributed by atoms with E-state index in [1.807, 2.05) is 0 Å². The van der Waals surface area contributed by atoms with E-state index in [-0.39, 0.29) is 29.5 Å². The van der Waals surface area contributed by atoms with E-state index in [0.29, 0.717) is 6.41 Å². The van der Waals surface area contributed by atoms with E-state index in [1.165, 1.54) is 35.9 Å². The Balaban J connectivity index is 1.73. The molecule has 11 nitrogen and oxygen atoms in total. The van der Waals surface area contributed by atoms with Gasteiger partial charge in [0.1, 0.15) is 30.0 Å². The molecule has 3 atom stereocenters. The number of carbonyl (C=O) groups is 4. The Labute approximate surface area is 173 Å². The van der Waals surface area contributed by atoms with Gasteiger partial charge in [-0.05, 0) is 12.1 Å². The summed E-state index contributed by atoms with van der Waals surface area (Å²) in [7, 11) is 1.25. The van der Waals surface area contributed by atoms with Crippen molar-refractivity contribution in [2.24, 2.45) is 5.16 Å². The Morgan fingerprint density at radius 1 is 1.52 bits per heavy atom. The van der Waals surface area contributed by atoms with Gasteiger partial charge in [-0.25, -0.2) is 4.98 Å². The number of carboxylic acids is 1. The second kappa shape index (κ2) is 8.25. The van der Waals surface area contributed by atoms with Crippen molar-refractivity contribution in [3.05, 3.63) is 23.9 Å². The van der Waals surface area contributed by atoms with Gasteiger partial charge in [0.2, 0.25) is 12.3 Å². The topological polar surface area (TPSA) is 150 Å². The quantitative estimate of drug-likeness (QED) is 0.168. The second-order valence-electron chi connectivity index (χ2n) is 6.18. The summed E-state index contributed by atoms with van der Waals surface area (Å²) in [5.74, 6) is -2.06. The summed E-state index contributed by atoms with van der Waals surface area (Å²) in [5.41, 5.74) is -0.0619. The number of carbonyl (C=O) groups excluding carboxylic acids is 3. The molecule has 154 valence electrons. The molecule has 2 saturated heterocycles. The molecule has 13 heteroatoms. The van der Waals surface area contributed by atoms with Crippen LogP contribution in [0.4, 0.5) is 5.82 Å². The molecule has 0 spiro atoms. The van der Waals surface area contributed by atoms with Crippen molar-refractivity contribution in [2.75, 3.05) is 24.7 Å². The van der Waals surface area contributed by atoms with Crippen LogP contribution in [0.5, 0.6) is 0 Å².